The number of hydrogen-bond donors (Lipinski definition) is 0. The molecule has 0 radical (unpaired) electrons. The first-order valence-electron chi connectivity index (χ1n) is 6.18. The molecule has 92 valence electrons. The first kappa shape index (κ1) is 11.7. The predicted molar refractivity (Wildman–Crippen MR) is 73.7 cm³/mol. The van der Waals surface area contributed by atoms with Crippen LogP contribution in [0.2, 0.25) is 5.02 Å². The highest BCUT2D eigenvalue weighted by molar-refractivity contribution is 6.30. The molecule has 0 aliphatic carbocycles. The lowest BCUT2D eigenvalue weighted by Crippen LogP contribution is -2.44. The molecular weight excluding hydrogens is 244 g/mol. The van der Waals surface area contributed by atoms with Crippen LogP contribution < -0.4 is 0 Å². The van der Waals surface area contributed by atoms with Crippen molar-refractivity contribution in [3.8, 4) is 0 Å². The molecule has 0 atom stereocenters. The fraction of sp³-hybridized carbons (Fsp3) is 0.267. The molecule has 18 heavy (non-hydrogen) atoms. The molecule has 0 amide bonds. The third-order valence-corrected chi connectivity index (χ3v) is 3.64. The fourth-order valence-corrected chi connectivity index (χ4v) is 2.63. The maximum Gasteiger partial charge on any atom is 0.0409 e. The third kappa shape index (κ3) is 2.55. The van der Waals surface area contributed by atoms with E-state index in [1.807, 2.05) is 36.7 Å². The Morgan fingerprint density at radius 2 is 2.11 bits per heavy atom. The van der Waals surface area contributed by atoms with Crippen LogP contribution in [0.4, 0.5) is 0 Å². The van der Waals surface area contributed by atoms with Gasteiger partial charge >= 0.3 is 0 Å². The Morgan fingerprint density at radius 3 is 2.83 bits per heavy atom. The molecule has 1 aromatic carbocycles. The van der Waals surface area contributed by atoms with Crippen molar-refractivity contribution in [1.82, 2.24) is 9.88 Å². The molecule has 0 bridgehead atoms. The lowest BCUT2D eigenvalue weighted by atomic mass is 9.92. The number of likely N-dealkylation sites (tertiary alicyclic amines) is 1. The summed E-state index contributed by atoms with van der Waals surface area (Å²) in [7, 11) is 0. The minimum atomic E-state index is 0.637. The largest absolute Gasteiger partial charge is 0.298 e. The Morgan fingerprint density at radius 1 is 1.22 bits per heavy atom. The van der Waals surface area contributed by atoms with Gasteiger partial charge in [0.1, 0.15) is 0 Å². The van der Waals surface area contributed by atoms with Gasteiger partial charge in [-0.1, -0.05) is 29.8 Å². The highest BCUT2D eigenvalue weighted by Gasteiger charge is 2.27. The van der Waals surface area contributed by atoms with Crippen LogP contribution >= 0.6 is 11.6 Å². The molecule has 0 spiro atoms. The van der Waals surface area contributed by atoms with Crippen LogP contribution in [-0.2, 0) is 6.54 Å². The maximum atomic E-state index is 5.99. The minimum Gasteiger partial charge on any atom is -0.298 e. The van der Waals surface area contributed by atoms with E-state index < -0.39 is 0 Å². The van der Waals surface area contributed by atoms with Gasteiger partial charge in [-0.2, -0.15) is 0 Å². The van der Waals surface area contributed by atoms with Gasteiger partial charge < -0.3 is 0 Å². The quantitative estimate of drug-likeness (QED) is 0.840. The third-order valence-electron chi connectivity index (χ3n) is 3.41. The van der Waals surface area contributed by atoms with Crippen LogP contribution in [-0.4, -0.2) is 23.0 Å². The van der Waals surface area contributed by atoms with Gasteiger partial charge in [-0.15, -0.1) is 0 Å². The summed E-state index contributed by atoms with van der Waals surface area (Å²) in [4.78, 5) is 6.61. The van der Waals surface area contributed by atoms with Gasteiger partial charge in [-0.3, -0.25) is 9.88 Å². The van der Waals surface area contributed by atoms with E-state index in [1.54, 1.807) is 0 Å². The zero-order valence-corrected chi connectivity index (χ0v) is 10.8. The summed E-state index contributed by atoms with van der Waals surface area (Å²) < 4.78 is 0. The highest BCUT2D eigenvalue weighted by Crippen LogP contribution is 2.27. The number of rotatable bonds is 3. The molecule has 1 aliphatic rings. The van der Waals surface area contributed by atoms with Crippen LogP contribution in [0.25, 0.3) is 0 Å². The Bertz CT molecular complexity index is 521. The molecule has 2 aromatic rings. The van der Waals surface area contributed by atoms with Crippen molar-refractivity contribution >= 4 is 11.6 Å². The molecule has 0 saturated carbocycles. The molecule has 0 N–H and O–H groups in total. The van der Waals surface area contributed by atoms with Gasteiger partial charge in [0, 0.05) is 43.0 Å². The van der Waals surface area contributed by atoms with Crippen molar-refractivity contribution in [2.75, 3.05) is 13.1 Å². The second kappa shape index (κ2) is 5.09. The van der Waals surface area contributed by atoms with Crippen molar-refractivity contribution < 1.29 is 0 Å². The summed E-state index contributed by atoms with van der Waals surface area (Å²) in [6.45, 7) is 3.20. The Kier molecular flexibility index (Phi) is 3.31. The standard InChI is InChI=1S/C15H15ClN2/c16-15-5-1-3-12(7-15)9-18-10-14(11-18)13-4-2-6-17-8-13/h1-8,14H,9-11H2. The van der Waals surface area contributed by atoms with E-state index in [0.29, 0.717) is 5.92 Å². The number of hydrogen-bond acceptors (Lipinski definition) is 2. The van der Waals surface area contributed by atoms with Crippen molar-refractivity contribution in [2.45, 2.75) is 12.5 Å². The van der Waals surface area contributed by atoms with Gasteiger partial charge in [-0.25, -0.2) is 0 Å². The molecule has 1 fully saturated rings. The number of benzene rings is 1. The first-order valence-corrected chi connectivity index (χ1v) is 6.56. The predicted octanol–water partition coefficient (Wildman–Crippen LogP) is 3.33. The fourth-order valence-electron chi connectivity index (χ4n) is 2.42. The summed E-state index contributed by atoms with van der Waals surface area (Å²) >= 11 is 5.99. The van der Waals surface area contributed by atoms with E-state index >= 15 is 0 Å². The van der Waals surface area contributed by atoms with Gasteiger partial charge in [0.2, 0.25) is 0 Å². The van der Waals surface area contributed by atoms with E-state index in [9.17, 15) is 0 Å². The average molecular weight is 259 g/mol. The maximum absolute atomic E-state index is 5.99. The van der Waals surface area contributed by atoms with E-state index in [1.165, 1.54) is 11.1 Å². The van der Waals surface area contributed by atoms with Gasteiger partial charge in [0.25, 0.3) is 0 Å². The second-order valence-electron chi connectivity index (χ2n) is 4.81. The van der Waals surface area contributed by atoms with Crippen LogP contribution in [0, 0.1) is 0 Å². The topological polar surface area (TPSA) is 16.1 Å². The number of aromatic nitrogens is 1. The summed E-state index contributed by atoms with van der Waals surface area (Å²) in [5, 5.41) is 0.817. The van der Waals surface area contributed by atoms with Gasteiger partial charge in [0.15, 0.2) is 0 Å². The molecule has 2 heterocycles. The van der Waals surface area contributed by atoms with Crippen molar-refractivity contribution in [2.24, 2.45) is 0 Å². The summed E-state index contributed by atoms with van der Waals surface area (Å²) in [6, 6.07) is 12.3. The molecule has 0 unspecified atom stereocenters. The lowest BCUT2D eigenvalue weighted by molar-refractivity contribution is 0.139. The smallest absolute Gasteiger partial charge is 0.0409 e. The number of halogens is 1. The monoisotopic (exact) mass is 258 g/mol. The SMILES string of the molecule is Clc1cccc(CN2CC(c3cccnc3)C2)c1. The minimum absolute atomic E-state index is 0.637. The molecule has 2 nitrogen and oxygen atoms in total. The number of pyridine rings is 1. The molecule has 1 aliphatic heterocycles. The Labute approximate surface area is 112 Å². The van der Waals surface area contributed by atoms with E-state index in [-0.39, 0.29) is 0 Å². The average Bonchev–Trinajstić information content (AvgIpc) is 2.34. The zero-order valence-electron chi connectivity index (χ0n) is 10.1. The van der Waals surface area contributed by atoms with Crippen LogP contribution in [0.5, 0.6) is 0 Å². The molecular formula is C15H15ClN2. The van der Waals surface area contributed by atoms with Gasteiger partial charge in [-0.05, 0) is 29.3 Å². The summed E-state index contributed by atoms with van der Waals surface area (Å²) in [5.41, 5.74) is 2.63. The first-order chi connectivity index (χ1) is 8.81. The van der Waals surface area contributed by atoms with Crippen molar-refractivity contribution in [1.29, 1.82) is 0 Å². The normalized spacial score (nSPS) is 16.5. The molecule has 1 saturated heterocycles. The van der Waals surface area contributed by atoms with Crippen LogP contribution in [0.3, 0.4) is 0 Å². The zero-order chi connectivity index (χ0) is 12.4. The van der Waals surface area contributed by atoms with Crippen molar-refractivity contribution in [3.63, 3.8) is 0 Å². The Balaban J connectivity index is 1.57. The summed E-state index contributed by atoms with van der Waals surface area (Å²) in [6.07, 6.45) is 3.80. The Hall–Kier alpha value is -1.38. The second-order valence-corrected chi connectivity index (χ2v) is 5.24. The van der Waals surface area contributed by atoms with E-state index in [0.717, 1.165) is 24.7 Å². The van der Waals surface area contributed by atoms with Crippen LogP contribution in [0.15, 0.2) is 48.8 Å². The van der Waals surface area contributed by atoms with E-state index in [4.69, 9.17) is 11.6 Å². The van der Waals surface area contributed by atoms with Crippen LogP contribution in [0.1, 0.15) is 17.0 Å². The molecule has 1 aromatic heterocycles. The van der Waals surface area contributed by atoms with E-state index in [2.05, 4.69) is 22.0 Å². The summed E-state index contributed by atoms with van der Waals surface area (Å²) in [5.74, 6) is 0.637. The number of nitrogens with zero attached hydrogens (tertiary/aromatic N) is 2. The molecule has 3 heteroatoms. The molecule has 3 rings (SSSR count). The van der Waals surface area contributed by atoms with Crippen molar-refractivity contribution in [3.05, 3.63) is 64.9 Å². The van der Waals surface area contributed by atoms with Gasteiger partial charge in [0.05, 0.1) is 0 Å². The highest BCUT2D eigenvalue weighted by atomic mass is 35.5. The lowest BCUT2D eigenvalue weighted by Gasteiger charge is -2.39.